The van der Waals surface area contributed by atoms with Crippen molar-refractivity contribution in [3.8, 4) is 6.07 Å². The van der Waals surface area contributed by atoms with Gasteiger partial charge in [0.05, 0.1) is 18.1 Å². The highest BCUT2D eigenvalue weighted by molar-refractivity contribution is 5.49. The van der Waals surface area contributed by atoms with E-state index >= 15 is 0 Å². The van der Waals surface area contributed by atoms with Crippen molar-refractivity contribution in [1.82, 2.24) is 0 Å². The fourth-order valence-electron chi connectivity index (χ4n) is 2.97. The summed E-state index contributed by atoms with van der Waals surface area (Å²) in [5.74, 6) is -0.384. The van der Waals surface area contributed by atoms with Crippen LogP contribution in [-0.2, 0) is 0 Å². The average molecular weight is 272 g/mol. The second-order valence-corrected chi connectivity index (χ2v) is 5.86. The van der Waals surface area contributed by atoms with E-state index in [0.29, 0.717) is 6.04 Å². The fraction of sp³-hybridized carbons (Fsp3) is 0.588. The Morgan fingerprint density at radius 3 is 2.65 bits per heavy atom. The van der Waals surface area contributed by atoms with Crippen LogP contribution in [0.15, 0.2) is 24.3 Å². The highest BCUT2D eigenvalue weighted by atomic mass is 16.3. The van der Waals surface area contributed by atoms with Crippen LogP contribution in [0.5, 0.6) is 0 Å². The molecule has 1 N–H and O–H groups in total. The summed E-state index contributed by atoms with van der Waals surface area (Å²) in [5.41, 5.74) is 1.97. The van der Waals surface area contributed by atoms with Gasteiger partial charge in [-0.1, -0.05) is 31.4 Å². The predicted molar refractivity (Wildman–Crippen MR) is 81.5 cm³/mol. The molecule has 2 unspecified atom stereocenters. The number of anilines is 1. The molecule has 20 heavy (non-hydrogen) atoms. The van der Waals surface area contributed by atoms with Crippen LogP contribution < -0.4 is 4.90 Å². The zero-order valence-corrected chi connectivity index (χ0v) is 12.4. The van der Waals surface area contributed by atoms with Crippen molar-refractivity contribution in [3.05, 3.63) is 29.8 Å². The lowest BCUT2D eigenvalue weighted by atomic mass is 9.93. The van der Waals surface area contributed by atoms with E-state index in [1.54, 1.807) is 6.92 Å². The van der Waals surface area contributed by atoms with Crippen LogP contribution >= 0.6 is 0 Å². The van der Waals surface area contributed by atoms with Gasteiger partial charge in [-0.25, -0.2) is 0 Å². The number of rotatable bonds is 4. The topological polar surface area (TPSA) is 47.3 Å². The first-order valence-corrected chi connectivity index (χ1v) is 7.54. The number of nitrogens with zero attached hydrogens (tertiary/aromatic N) is 2. The minimum absolute atomic E-state index is 0.384. The Kier molecular flexibility index (Phi) is 5.03. The molecule has 3 heteroatoms. The summed E-state index contributed by atoms with van der Waals surface area (Å²) >= 11 is 0. The number of aliphatic hydroxyl groups is 1. The van der Waals surface area contributed by atoms with Gasteiger partial charge in [-0.2, -0.15) is 5.26 Å². The van der Waals surface area contributed by atoms with Gasteiger partial charge in [0.1, 0.15) is 0 Å². The van der Waals surface area contributed by atoms with E-state index < -0.39 is 6.10 Å². The van der Waals surface area contributed by atoms with E-state index in [9.17, 15) is 5.11 Å². The first-order valence-electron chi connectivity index (χ1n) is 7.54. The van der Waals surface area contributed by atoms with Gasteiger partial charge < -0.3 is 10.0 Å². The maximum Gasteiger partial charge on any atom is 0.0946 e. The van der Waals surface area contributed by atoms with Gasteiger partial charge in [-0.15, -0.1) is 0 Å². The molecule has 1 aliphatic rings. The Bertz CT molecular complexity index is 474. The van der Waals surface area contributed by atoms with Crippen LogP contribution in [-0.4, -0.2) is 18.2 Å². The molecule has 1 aliphatic carbocycles. The van der Waals surface area contributed by atoms with Crippen molar-refractivity contribution in [2.45, 2.75) is 51.2 Å². The first kappa shape index (κ1) is 14.9. The maximum atomic E-state index is 10.2. The fourth-order valence-corrected chi connectivity index (χ4v) is 2.97. The van der Waals surface area contributed by atoms with Crippen LogP contribution in [0, 0.1) is 17.2 Å². The quantitative estimate of drug-likeness (QED) is 0.910. The van der Waals surface area contributed by atoms with Gasteiger partial charge in [0.25, 0.3) is 0 Å². The van der Waals surface area contributed by atoms with Gasteiger partial charge in [0.15, 0.2) is 0 Å². The summed E-state index contributed by atoms with van der Waals surface area (Å²) in [7, 11) is 2.13. The SMILES string of the molecule is CC(C#N)C(O)c1cccc(N(C)C2CCCCC2)c1. The number of hydrogen-bond donors (Lipinski definition) is 1. The van der Waals surface area contributed by atoms with Crippen LogP contribution in [0.2, 0.25) is 0 Å². The van der Waals surface area contributed by atoms with E-state index in [1.165, 1.54) is 32.1 Å². The van der Waals surface area contributed by atoms with Crippen molar-refractivity contribution < 1.29 is 5.11 Å². The van der Waals surface area contributed by atoms with Crippen LogP contribution in [0.3, 0.4) is 0 Å². The largest absolute Gasteiger partial charge is 0.387 e. The molecule has 2 atom stereocenters. The zero-order chi connectivity index (χ0) is 14.5. The van der Waals surface area contributed by atoms with E-state index in [2.05, 4.69) is 24.1 Å². The molecule has 0 bridgehead atoms. The van der Waals surface area contributed by atoms with Crippen molar-refractivity contribution in [2.75, 3.05) is 11.9 Å². The highest BCUT2D eigenvalue weighted by Crippen LogP contribution is 2.29. The molecule has 0 aromatic heterocycles. The minimum Gasteiger partial charge on any atom is -0.387 e. The smallest absolute Gasteiger partial charge is 0.0946 e. The lowest BCUT2D eigenvalue weighted by Crippen LogP contribution is -2.33. The summed E-state index contributed by atoms with van der Waals surface area (Å²) in [4.78, 5) is 2.33. The lowest BCUT2D eigenvalue weighted by molar-refractivity contribution is 0.143. The molecule has 1 saturated carbocycles. The van der Waals surface area contributed by atoms with Gasteiger partial charge in [0.2, 0.25) is 0 Å². The van der Waals surface area contributed by atoms with Gasteiger partial charge in [-0.3, -0.25) is 0 Å². The van der Waals surface area contributed by atoms with Gasteiger partial charge in [-0.05, 0) is 37.5 Å². The molecule has 0 aliphatic heterocycles. The van der Waals surface area contributed by atoms with Crippen molar-refractivity contribution in [3.63, 3.8) is 0 Å². The maximum absolute atomic E-state index is 10.2. The van der Waals surface area contributed by atoms with E-state index in [-0.39, 0.29) is 5.92 Å². The van der Waals surface area contributed by atoms with Gasteiger partial charge in [0, 0.05) is 18.8 Å². The molecule has 3 nitrogen and oxygen atoms in total. The monoisotopic (exact) mass is 272 g/mol. The van der Waals surface area contributed by atoms with Crippen LogP contribution in [0.25, 0.3) is 0 Å². The number of benzene rings is 1. The molecular weight excluding hydrogens is 248 g/mol. The number of aliphatic hydroxyl groups excluding tert-OH is 1. The third-order valence-corrected chi connectivity index (χ3v) is 4.42. The molecule has 1 aromatic carbocycles. The zero-order valence-electron chi connectivity index (χ0n) is 12.4. The van der Waals surface area contributed by atoms with Crippen molar-refractivity contribution >= 4 is 5.69 Å². The molecule has 0 heterocycles. The van der Waals surface area contributed by atoms with E-state index in [1.807, 2.05) is 18.2 Å². The summed E-state index contributed by atoms with van der Waals surface area (Å²) in [6.07, 6.45) is 5.75. The molecule has 0 spiro atoms. The third-order valence-electron chi connectivity index (χ3n) is 4.42. The number of nitriles is 1. The summed E-state index contributed by atoms with van der Waals surface area (Å²) in [6, 6.07) is 10.7. The van der Waals surface area contributed by atoms with Crippen LogP contribution in [0.4, 0.5) is 5.69 Å². The second kappa shape index (κ2) is 6.76. The standard InChI is InChI=1S/C17H24N2O/c1-13(12-18)17(20)14-7-6-10-16(11-14)19(2)15-8-4-3-5-9-15/h6-7,10-11,13,15,17,20H,3-5,8-9H2,1-2H3. The molecule has 108 valence electrons. The van der Waals surface area contributed by atoms with Crippen LogP contribution in [0.1, 0.15) is 50.7 Å². The summed E-state index contributed by atoms with van der Waals surface area (Å²) < 4.78 is 0. The normalized spacial score (nSPS) is 19.1. The Balaban J connectivity index is 2.14. The second-order valence-electron chi connectivity index (χ2n) is 5.86. The average Bonchev–Trinajstić information content (AvgIpc) is 2.53. The first-order chi connectivity index (χ1) is 9.63. The number of hydrogen-bond acceptors (Lipinski definition) is 3. The molecule has 0 amide bonds. The molecule has 0 radical (unpaired) electrons. The molecule has 1 fully saturated rings. The minimum atomic E-state index is -0.709. The van der Waals surface area contributed by atoms with E-state index in [4.69, 9.17) is 5.26 Å². The molecular formula is C17H24N2O. The molecule has 0 saturated heterocycles. The molecule has 1 aromatic rings. The predicted octanol–water partition coefficient (Wildman–Crippen LogP) is 3.65. The third kappa shape index (κ3) is 3.32. The summed E-state index contributed by atoms with van der Waals surface area (Å²) in [5, 5.41) is 19.1. The van der Waals surface area contributed by atoms with Crippen molar-refractivity contribution in [1.29, 1.82) is 5.26 Å². The Labute approximate surface area is 121 Å². The Morgan fingerprint density at radius 2 is 2.00 bits per heavy atom. The Hall–Kier alpha value is -1.53. The molecule has 2 rings (SSSR count). The van der Waals surface area contributed by atoms with Gasteiger partial charge >= 0.3 is 0 Å². The highest BCUT2D eigenvalue weighted by Gasteiger charge is 2.20. The lowest BCUT2D eigenvalue weighted by Gasteiger charge is -2.33. The van der Waals surface area contributed by atoms with E-state index in [0.717, 1.165) is 11.3 Å². The van der Waals surface area contributed by atoms with Crippen molar-refractivity contribution in [2.24, 2.45) is 5.92 Å². The summed E-state index contributed by atoms with van der Waals surface area (Å²) in [6.45, 7) is 1.75. The Morgan fingerprint density at radius 1 is 1.30 bits per heavy atom.